The van der Waals surface area contributed by atoms with Crippen LogP contribution in [0.4, 0.5) is 5.69 Å². The standard InChI is InChI=1S/C22H23BrN2O/c1-24-10-12-25(13-11-24)20-8-2-16(3-9-20)14-18-5-4-17-6-7-19(23)15-21(17)22(18)26/h2-3,6-9,14-15H,4-5,10-13H2,1H3. The summed E-state index contributed by atoms with van der Waals surface area (Å²) in [5, 5.41) is 0. The van der Waals surface area contributed by atoms with E-state index < -0.39 is 0 Å². The first-order chi connectivity index (χ1) is 12.6. The van der Waals surface area contributed by atoms with E-state index in [0.29, 0.717) is 0 Å². The molecule has 26 heavy (non-hydrogen) atoms. The highest BCUT2D eigenvalue weighted by Crippen LogP contribution is 2.29. The highest BCUT2D eigenvalue weighted by molar-refractivity contribution is 9.10. The summed E-state index contributed by atoms with van der Waals surface area (Å²) in [6.45, 7) is 4.35. The van der Waals surface area contributed by atoms with Crippen LogP contribution < -0.4 is 4.90 Å². The number of carbonyl (C=O) groups excluding carboxylic acids is 1. The lowest BCUT2D eigenvalue weighted by Crippen LogP contribution is -2.44. The van der Waals surface area contributed by atoms with E-state index in [-0.39, 0.29) is 5.78 Å². The van der Waals surface area contributed by atoms with Gasteiger partial charge in [-0.15, -0.1) is 0 Å². The quantitative estimate of drug-likeness (QED) is 0.684. The van der Waals surface area contributed by atoms with E-state index in [1.165, 1.54) is 5.69 Å². The zero-order valence-electron chi connectivity index (χ0n) is 15.0. The number of anilines is 1. The van der Waals surface area contributed by atoms with Crippen molar-refractivity contribution in [3.63, 3.8) is 0 Å². The van der Waals surface area contributed by atoms with E-state index in [1.807, 2.05) is 12.1 Å². The van der Waals surface area contributed by atoms with Crippen LogP contribution in [0.25, 0.3) is 6.08 Å². The average molecular weight is 411 g/mol. The second-order valence-corrected chi connectivity index (χ2v) is 8.10. The van der Waals surface area contributed by atoms with Gasteiger partial charge in [0.1, 0.15) is 0 Å². The van der Waals surface area contributed by atoms with Gasteiger partial charge in [0.2, 0.25) is 0 Å². The molecule has 1 heterocycles. The Hall–Kier alpha value is -1.91. The molecule has 2 aliphatic rings. The number of nitrogens with zero attached hydrogens (tertiary/aromatic N) is 2. The SMILES string of the molecule is CN1CCN(c2ccc(C=C3CCc4ccc(Br)cc4C3=O)cc2)CC1. The van der Waals surface area contributed by atoms with Crippen LogP contribution in [0.5, 0.6) is 0 Å². The van der Waals surface area contributed by atoms with E-state index in [0.717, 1.165) is 65.8 Å². The van der Waals surface area contributed by atoms with Gasteiger partial charge in [0.15, 0.2) is 5.78 Å². The molecule has 4 rings (SSSR count). The minimum atomic E-state index is 0.163. The molecular formula is C22H23BrN2O. The minimum Gasteiger partial charge on any atom is -0.369 e. The van der Waals surface area contributed by atoms with Gasteiger partial charge in [-0.2, -0.15) is 0 Å². The topological polar surface area (TPSA) is 23.6 Å². The predicted octanol–water partition coefficient (Wildman–Crippen LogP) is 4.41. The van der Waals surface area contributed by atoms with Gasteiger partial charge in [0, 0.05) is 47.5 Å². The Morgan fingerprint density at radius 3 is 2.42 bits per heavy atom. The van der Waals surface area contributed by atoms with Gasteiger partial charge in [-0.3, -0.25) is 4.79 Å². The molecule has 4 heteroatoms. The third kappa shape index (κ3) is 3.62. The number of fused-ring (bicyclic) bond motifs is 1. The molecule has 2 aromatic rings. The molecule has 1 fully saturated rings. The lowest BCUT2D eigenvalue weighted by molar-refractivity contribution is 0.102. The maximum absolute atomic E-state index is 12.8. The van der Waals surface area contributed by atoms with Crippen molar-refractivity contribution in [2.45, 2.75) is 12.8 Å². The van der Waals surface area contributed by atoms with Crippen LogP contribution in [0.2, 0.25) is 0 Å². The Morgan fingerprint density at radius 1 is 0.962 bits per heavy atom. The van der Waals surface area contributed by atoms with Crippen molar-refractivity contribution in [1.82, 2.24) is 4.90 Å². The van der Waals surface area contributed by atoms with Gasteiger partial charge in [-0.05, 0) is 61.4 Å². The van der Waals surface area contributed by atoms with Crippen molar-refractivity contribution in [3.8, 4) is 0 Å². The van der Waals surface area contributed by atoms with E-state index in [1.54, 1.807) is 0 Å². The molecule has 0 N–H and O–H groups in total. The number of rotatable bonds is 2. The number of Topliss-reactive ketones (excluding diaryl/α,β-unsaturated/α-hetero) is 1. The summed E-state index contributed by atoms with van der Waals surface area (Å²) in [5.41, 5.74) is 5.27. The largest absolute Gasteiger partial charge is 0.369 e. The Balaban J connectivity index is 1.52. The molecule has 1 aliphatic heterocycles. The van der Waals surface area contributed by atoms with Crippen molar-refractivity contribution in [2.75, 3.05) is 38.1 Å². The Bertz CT molecular complexity index is 849. The van der Waals surface area contributed by atoms with Crippen molar-refractivity contribution in [3.05, 3.63) is 69.2 Å². The second kappa shape index (κ2) is 7.37. The number of hydrogen-bond donors (Lipinski definition) is 0. The smallest absolute Gasteiger partial charge is 0.189 e. The number of benzene rings is 2. The number of aryl methyl sites for hydroxylation is 1. The lowest BCUT2D eigenvalue weighted by atomic mass is 9.86. The van der Waals surface area contributed by atoms with Crippen molar-refractivity contribution >= 4 is 33.5 Å². The van der Waals surface area contributed by atoms with E-state index in [9.17, 15) is 4.79 Å². The Labute approximate surface area is 163 Å². The molecule has 0 radical (unpaired) electrons. The normalized spacial score (nSPS) is 19.7. The fourth-order valence-corrected chi connectivity index (χ4v) is 4.08. The van der Waals surface area contributed by atoms with Gasteiger partial charge < -0.3 is 9.80 Å². The number of ketones is 1. The zero-order valence-corrected chi connectivity index (χ0v) is 16.6. The fourth-order valence-electron chi connectivity index (χ4n) is 3.72. The molecule has 1 saturated heterocycles. The van der Waals surface area contributed by atoms with Gasteiger partial charge >= 0.3 is 0 Å². The number of likely N-dealkylation sites (N-methyl/N-ethyl adjacent to an activating group) is 1. The summed E-state index contributed by atoms with van der Waals surface area (Å²) in [7, 11) is 2.17. The van der Waals surface area contributed by atoms with Crippen LogP contribution in [0.15, 0.2) is 52.5 Å². The summed E-state index contributed by atoms with van der Waals surface area (Å²) in [5.74, 6) is 0.163. The third-order valence-corrected chi connectivity index (χ3v) is 5.87. The van der Waals surface area contributed by atoms with Crippen molar-refractivity contribution in [1.29, 1.82) is 0 Å². The number of carbonyl (C=O) groups is 1. The first-order valence-corrected chi connectivity index (χ1v) is 9.97. The highest BCUT2D eigenvalue weighted by Gasteiger charge is 2.22. The van der Waals surface area contributed by atoms with E-state index >= 15 is 0 Å². The molecule has 0 saturated carbocycles. The Kier molecular flexibility index (Phi) is 4.96. The molecule has 1 aliphatic carbocycles. The highest BCUT2D eigenvalue weighted by atomic mass is 79.9. The summed E-state index contributed by atoms with van der Waals surface area (Å²) in [4.78, 5) is 17.6. The molecule has 0 spiro atoms. The van der Waals surface area contributed by atoms with Gasteiger partial charge in [0.05, 0.1) is 0 Å². The second-order valence-electron chi connectivity index (χ2n) is 7.18. The molecular weight excluding hydrogens is 388 g/mol. The number of piperazine rings is 1. The van der Waals surface area contributed by atoms with Crippen LogP contribution in [0, 0.1) is 0 Å². The first kappa shape index (κ1) is 17.5. The molecule has 0 bridgehead atoms. The van der Waals surface area contributed by atoms with Crippen LogP contribution >= 0.6 is 15.9 Å². The van der Waals surface area contributed by atoms with Crippen LogP contribution in [-0.2, 0) is 6.42 Å². The molecule has 134 valence electrons. The van der Waals surface area contributed by atoms with E-state index in [4.69, 9.17) is 0 Å². The van der Waals surface area contributed by atoms with E-state index in [2.05, 4.69) is 69.2 Å². The summed E-state index contributed by atoms with van der Waals surface area (Å²) in [6, 6.07) is 14.6. The molecule has 3 nitrogen and oxygen atoms in total. The third-order valence-electron chi connectivity index (χ3n) is 5.37. The molecule has 0 unspecified atom stereocenters. The van der Waals surface area contributed by atoms with Crippen LogP contribution in [0.1, 0.15) is 27.9 Å². The first-order valence-electron chi connectivity index (χ1n) is 9.17. The van der Waals surface area contributed by atoms with Gasteiger partial charge in [0.25, 0.3) is 0 Å². The number of hydrogen-bond acceptors (Lipinski definition) is 3. The zero-order chi connectivity index (χ0) is 18.1. The molecule has 0 amide bonds. The molecule has 0 aromatic heterocycles. The Morgan fingerprint density at radius 2 is 1.69 bits per heavy atom. The molecule has 2 aromatic carbocycles. The van der Waals surface area contributed by atoms with Crippen LogP contribution in [0.3, 0.4) is 0 Å². The number of halogens is 1. The fraction of sp³-hybridized carbons (Fsp3) is 0.318. The summed E-state index contributed by atoms with van der Waals surface area (Å²) >= 11 is 3.47. The number of allylic oxidation sites excluding steroid dienone is 1. The predicted molar refractivity (Wildman–Crippen MR) is 111 cm³/mol. The molecule has 0 atom stereocenters. The maximum atomic E-state index is 12.8. The van der Waals surface area contributed by atoms with Crippen molar-refractivity contribution < 1.29 is 4.79 Å². The lowest BCUT2D eigenvalue weighted by Gasteiger charge is -2.34. The average Bonchev–Trinajstić information content (AvgIpc) is 2.66. The minimum absolute atomic E-state index is 0.163. The van der Waals surface area contributed by atoms with Crippen LogP contribution in [-0.4, -0.2) is 43.9 Å². The van der Waals surface area contributed by atoms with Crippen molar-refractivity contribution in [2.24, 2.45) is 0 Å². The van der Waals surface area contributed by atoms with Gasteiger partial charge in [-0.25, -0.2) is 0 Å². The monoisotopic (exact) mass is 410 g/mol. The van der Waals surface area contributed by atoms with Gasteiger partial charge in [-0.1, -0.05) is 34.1 Å². The maximum Gasteiger partial charge on any atom is 0.189 e. The summed E-state index contributed by atoms with van der Waals surface area (Å²) in [6.07, 6.45) is 3.80. The summed E-state index contributed by atoms with van der Waals surface area (Å²) < 4.78 is 0.961.